The van der Waals surface area contributed by atoms with Gasteiger partial charge in [-0.25, -0.2) is 0 Å². The van der Waals surface area contributed by atoms with E-state index in [1.165, 1.54) is 19.3 Å². The second-order valence-electron chi connectivity index (χ2n) is 1.44. The van der Waals surface area contributed by atoms with Gasteiger partial charge in [0.1, 0.15) is 11.5 Å². The minimum absolute atomic E-state index is 0.0573. The number of aliphatic hydroxyl groups excluding tert-OH is 1. The molecule has 0 saturated heterocycles. The molecule has 0 bridgehead atoms. The number of hydrogen-bond donors (Lipinski definition) is 1. The van der Waals surface area contributed by atoms with Crippen LogP contribution in [0.5, 0.6) is 0 Å². The lowest BCUT2D eigenvalue weighted by atomic mass is 10.4. The molecule has 0 spiro atoms. The van der Waals surface area contributed by atoms with E-state index in [1.807, 2.05) is 0 Å². The van der Waals surface area contributed by atoms with Crippen molar-refractivity contribution >= 4 is 0 Å². The molecule has 0 aliphatic heterocycles. The van der Waals surface area contributed by atoms with Gasteiger partial charge < -0.3 is 9.84 Å². The van der Waals surface area contributed by atoms with E-state index >= 15 is 0 Å². The molecular weight excluding hydrogens is 116 g/mol. The van der Waals surface area contributed by atoms with Crippen LogP contribution in [0.25, 0.3) is 0 Å². The van der Waals surface area contributed by atoms with Gasteiger partial charge in [-0.1, -0.05) is 13.2 Å². The molecule has 50 valence electrons. The van der Waals surface area contributed by atoms with Gasteiger partial charge in [-0.05, 0) is 6.08 Å². The number of ether oxygens (including phenoxy) is 1. The maximum atomic E-state index is 8.76. The van der Waals surface area contributed by atoms with Gasteiger partial charge >= 0.3 is 0 Å². The van der Waals surface area contributed by atoms with Gasteiger partial charge in [0.2, 0.25) is 0 Å². The first kappa shape index (κ1) is 7.82. The number of aliphatic hydroxyl groups is 1. The molecule has 0 unspecified atom stereocenters. The van der Waals surface area contributed by atoms with Crippen molar-refractivity contribution in [1.29, 1.82) is 0 Å². The molecule has 2 heteroatoms. The molecule has 0 fully saturated rings. The molecule has 0 aliphatic carbocycles. The Kier molecular flexibility index (Phi) is 3.28. The van der Waals surface area contributed by atoms with Gasteiger partial charge in [-0.2, -0.15) is 0 Å². The standard InChI is InChI=1S/C7H10O2/c1-4-7(8)5-6(2)9-3/h4-5,8H,1-2H2,3H3/b7-5+. The minimum atomic E-state index is 0.0573. The molecule has 0 atom stereocenters. The number of hydrogen-bond acceptors (Lipinski definition) is 2. The highest BCUT2D eigenvalue weighted by Gasteiger charge is 1.85. The van der Waals surface area contributed by atoms with Gasteiger partial charge in [0.05, 0.1) is 7.11 Å². The fourth-order valence-corrected chi connectivity index (χ4v) is 0.283. The van der Waals surface area contributed by atoms with Crippen molar-refractivity contribution in [2.24, 2.45) is 0 Å². The maximum absolute atomic E-state index is 8.76. The largest absolute Gasteiger partial charge is 0.508 e. The lowest BCUT2D eigenvalue weighted by Gasteiger charge is -1.95. The zero-order valence-electron chi connectivity index (χ0n) is 5.42. The fourth-order valence-electron chi connectivity index (χ4n) is 0.283. The third kappa shape index (κ3) is 3.41. The van der Waals surface area contributed by atoms with E-state index in [-0.39, 0.29) is 5.76 Å². The Hall–Kier alpha value is -1.18. The van der Waals surface area contributed by atoms with Crippen LogP contribution in [0.2, 0.25) is 0 Å². The monoisotopic (exact) mass is 126 g/mol. The van der Waals surface area contributed by atoms with Crippen molar-refractivity contribution in [3.8, 4) is 0 Å². The van der Waals surface area contributed by atoms with Crippen molar-refractivity contribution in [3.05, 3.63) is 36.8 Å². The van der Waals surface area contributed by atoms with Crippen LogP contribution in [0, 0.1) is 0 Å². The second kappa shape index (κ2) is 3.78. The highest BCUT2D eigenvalue weighted by molar-refractivity contribution is 5.17. The van der Waals surface area contributed by atoms with Crippen LogP contribution in [0.4, 0.5) is 0 Å². The van der Waals surface area contributed by atoms with Crippen LogP contribution in [0.15, 0.2) is 36.8 Å². The number of allylic oxidation sites excluding steroid dienone is 2. The summed E-state index contributed by atoms with van der Waals surface area (Å²) in [5.74, 6) is 0.467. The molecule has 2 nitrogen and oxygen atoms in total. The zero-order valence-corrected chi connectivity index (χ0v) is 5.42. The van der Waals surface area contributed by atoms with Crippen LogP contribution < -0.4 is 0 Å². The van der Waals surface area contributed by atoms with E-state index in [9.17, 15) is 0 Å². The van der Waals surface area contributed by atoms with Crippen LogP contribution in [0.3, 0.4) is 0 Å². The van der Waals surface area contributed by atoms with E-state index < -0.39 is 0 Å². The molecule has 9 heavy (non-hydrogen) atoms. The lowest BCUT2D eigenvalue weighted by molar-refractivity contribution is 0.304. The molecule has 0 heterocycles. The Morgan fingerprint density at radius 3 is 2.56 bits per heavy atom. The molecule has 0 rings (SSSR count). The van der Waals surface area contributed by atoms with E-state index in [0.717, 1.165) is 0 Å². The average Bonchev–Trinajstić information content (AvgIpc) is 1.87. The number of rotatable bonds is 3. The van der Waals surface area contributed by atoms with Crippen LogP contribution in [-0.4, -0.2) is 12.2 Å². The molecule has 0 radical (unpaired) electrons. The summed E-state index contributed by atoms with van der Waals surface area (Å²) in [5.41, 5.74) is 0. The van der Waals surface area contributed by atoms with Crippen molar-refractivity contribution in [2.45, 2.75) is 0 Å². The molecule has 0 aromatic rings. The zero-order chi connectivity index (χ0) is 7.28. The molecule has 0 aromatic carbocycles. The van der Waals surface area contributed by atoms with Crippen molar-refractivity contribution < 1.29 is 9.84 Å². The molecule has 0 amide bonds. The summed E-state index contributed by atoms with van der Waals surface area (Å²) < 4.78 is 4.64. The summed E-state index contributed by atoms with van der Waals surface area (Å²) in [5, 5.41) is 8.76. The van der Waals surface area contributed by atoms with E-state index in [1.54, 1.807) is 0 Å². The van der Waals surface area contributed by atoms with Crippen molar-refractivity contribution in [2.75, 3.05) is 7.11 Å². The molecule has 0 saturated carbocycles. The first-order chi connectivity index (χ1) is 4.20. The lowest BCUT2D eigenvalue weighted by Crippen LogP contribution is -1.80. The predicted octanol–water partition coefficient (Wildman–Crippen LogP) is 1.77. The van der Waals surface area contributed by atoms with Gasteiger partial charge in [0, 0.05) is 6.08 Å². The summed E-state index contributed by atoms with van der Waals surface area (Å²) in [6.45, 7) is 6.79. The molecular formula is C7H10O2. The van der Waals surface area contributed by atoms with Crippen LogP contribution in [0.1, 0.15) is 0 Å². The first-order valence-corrected chi connectivity index (χ1v) is 2.46. The van der Waals surface area contributed by atoms with E-state index in [0.29, 0.717) is 5.76 Å². The topological polar surface area (TPSA) is 29.5 Å². The second-order valence-corrected chi connectivity index (χ2v) is 1.44. The highest BCUT2D eigenvalue weighted by Crippen LogP contribution is 1.97. The van der Waals surface area contributed by atoms with E-state index in [4.69, 9.17) is 5.11 Å². The molecule has 0 aromatic heterocycles. The predicted molar refractivity (Wildman–Crippen MR) is 37.1 cm³/mol. The quantitative estimate of drug-likeness (QED) is 0.461. The summed E-state index contributed by atoms with van der Waals surface area (Å²) in [6.07, 6.45) is 2.69. The summed E-state index contributed by atoms with van der Waals surface area (Å²) in [6, 6.07) is 0. The number of methoxy groups -OCH3 is 1. The minimum Gasteiger partial charge on any atom is -0.508 e. The van der Waals surface area contributed by atoms with Crippen LogP contribution >= 0.6 is 0 Å². The Labute approximate surface area is 54.8 Å². The smallest absolute Gasteiger partial charge is 0.118 e. The molecule has 1 N–H and O–H groups in total. The van der Waals surface area contributed by atoms with Gasteiger partial charge in [0.25, 0.3) is 0 Å². The third-order valence-electron chi connectivity index (χ3n) is 0.780. The SMILES string of the molecule is C=C/C(O)=C\C(=C)OC. The van der Waals surface area contributed by atoms with Crippen molar-refractivity contribution in [3.63, 3.8) is 0 Å². The summed E-state index contributed by atoms with van der Waals surface area (Å²) >= 11 is 0. The van der Waals surface area contributed by atoms with E-state index in [2.05, 4.69) is 17.9 Å². The Balaban J connectivity index is 3.94. The summed E-state index contributed by atoms with van der Waals surface area (Å²) in [4.78, 5) is 0. The van der Waals surface area contributed by atoms with Gasteiger partial charge in [0.15, 0.2) is 0 Å². The van der Waals surface area contributed by atoms with Gasteiger partial charge in [-0.15, -0.1) is 0 Å². The van der Waals surface area contributed by atoms with Gasteiger partial charge in [-0.3, -0.25) is 0 Å². The highest BCUT2D eigenvalue weighted by atomic mass is 16.5. The Morgan fingerprint density at radius 1 is 1.67 bits per heavy atom. The van der Waals surface area contributed by atoms with Crippen molar-refractivity contribution in [1.82, 2.24) is 0 Å². The average molecular weight is 126 g/mol. The molecule has 0 aliphatic rings. The Morgan fingerprint density at radius 2 is 2.22 bits per heavy atom. The first-order valence-electron chi connectivity index (χ1n) is 2.46. The maximum Gasteiger partial charge on any atom is 0.118 e. The third-order valence-corrected chi connectivity index (χ3v) is 0.780. The normalized spacial score (nSPS) is 10.6. The Bertz CT molecular complexity index is 145. The fraction of sp³-hybridized carbons (Fsp3) is 0.143. The van der Waals surface area contributed by atoms with Crippen LogP contribution in [-0.2, 0) is 4.74 Å². The summed E-state index contributed by atoms with van der Waals surface area (Å²) in [7, 11) is 1.48.